The van der Waals surface area contributed by atoms with Gasteiger partial charge in [0.15, 0.2) is 0 Å². The lowest BCUT2D eigenvalue weighted by atomic mass is 9.92. The van der Waals surface area contributed by atoms with Gasteiger partial charge >= 0.3 is 0 Å². The molecule has 0 bridgehead atoms. The van der Waals surface area contributed by atoms with Crippen molar-refractivity contribution >= 4 is 0 Å². The lowest BCUT2D eigenvalue weighted by Gasteiger charge is -2.22. The Morgan fingerprint density at radius 1 is 0.882 bits per heavy atom. The summed E-state index contributed by atoms with van der Waals surface area (Å²) >= 11 is 0. The highest BCUT2D eigenvalue weighted by atomic mass is 14.9. The monoisotopic (exact) mass is 238 g/mol. The van der Waals surface area contributed by atoms with Gasteiger partial charge in [-0.1, -0.05) is 58.3 Å². The van der Waals surface area contributed by atoms with Crippen molar-refractivity contribution in [3.8, 4) is 0 Å². The summed E-state index contributed by atoms with van der Waals surface area (Å²) in [5, 5.41) is 3.43. The van der Waals surface area contributed by atoms with Crippen LogP contribution in [0.1, 0.15) is 77.6 Å². The molecule has 1 heteroatoms. The van der Waals surface area contributed by atoms with E-state index in [1.54, 1.807) is 0 Å². The number of hydrogen-bond acceptors (Lipinski definition) is 1. The van der Waals surface area contributed by atoms with E-state index in [-0.39, 0.29) is 0 Å². The first-order valence-corrected chi connectivity index (χ1v) is 7.97. The van der Waals surface area contributed by atoms with Crippen LogP contribution in [0.3, 0.4) is 0 Å². The van der Waals surface area contributed by atoms with Crippen molar-refractivity contribution in [1.82, 2.24) is 5.32 Å². The van der Waals surface area contributed by atoms with Crippen LogP contribution in [-0.4, -0.2) is 13.1 Å². The van der Waals surface area contributed by atoms with Crippen LogP contribution in [0.5, 0.6) is 0 Å². The largest absolute Gasteiger partial charge is 0.317 e. The fourth-order valence-corrected chi connectivity index (χ4v) is 2.71. The molecule has 0 aliphatic carbocycles. The highest BCUT2D eigenvalue weighted by Gasteiger charge is 2.11. The Morgan fingerprint density at radius 2 is 1.47 bits per heavy atom. The Hall–Kier alpha value is -0.0400. The summed E-state index contributed by atoms with van der Waals surface area (Å²) in [5.74, 6) is 0.917. The van der Waals surface area contributed by atoms with Crippen LogP contribution in [0, 0.1) is 12.3 Å². The van der Waals surface area contributed by atoms with Crippen molar-refractivity contribution in [2.75, 3.05) is 13.1 Å². The minimum absolute atomic E-state index is 0.917. The first-order chi connectivity index (χ1) is 8.43. The van der Waals surface area contributed by atoms with E-state index in [2.05, 4.69) is 18.7 Å². The second-order valence-corrected chi connectivity index (χ2v) is 5.59. The van der Waals surface area contributed by atoms with E-state index >= 15 is 0 Å². The summed E-state index contributed by atoms with van der Waals surface area (Å²) in [6, 6.07) is 0. The van der Waals surface area contributed by atoms with E-state index in [4.69, 9.17) is 0 Å². The standard InChI is InChI=1S/C16H32N/c1-2-3-4-5-6-7-8-9-10-11-16-12-14-17-15-13-16/h11,16-17H,2-10,12-15H2,1H3. The topological polar surface area (TPSA) is 12.0 Å². The van der Waals surface area contributed by atoms with Gasteiger partial charge in [0.05, 0.1) is 0 Å². The summed E-state index contributed by atoms with van der Waals surface area (Å²) in [6.07, 6.45) is 18.2. The van der Waals surface area contributed by atoms with Crippen molar-refractivity contribution < 1.29 is 0 Å². The fourth-order valence-electron chi connectivity index (χ4n) is 2.71. The lowest BCUT2D eigenvalue weighted by molar-refractivity contribution is 0.403. The Labute approximate surface area is 109 Å². The van der Waals surface area contributed by atoms with Crippen LogP contribution in [0.4, 0.5) is 0 Å². The van der Waals surface area contributed by atoms with Gasteiger partial charge in [0.2, 0.25) is 0 Å². The molecule has 1 aliphatic rings. The molecule has 1 nitrogen and oxygen atoms in total. The van der Waals surface area contributed by atoms with E-state index in [0.29, 0.717) is 0 Å². The molecule has 1 saturated heterocycles. The maximum atomic E-state index is 3.43. The van der Waals surface area contributed by atoms with Crippen LogP contribution >= 0.6 is 0 Å². The Kier molecular flexibility index (Phi) is 9.78. The molecule has 0 aromatic rings. The number of rotatable bonds is 10. The van der Waals surface area contributed by atoms with E-state index in [0.717, 1.165) is 5.92 Å². The molecular weight excluding hydrogens is 206 g/mol. The van der Waals surface area contributed by atoms with Gasteiger partial charge in [-0.15, -0.1) is 0 Å². The zero-order valence-corrected chi connectivity index (χ0v) is 11.8. The average molecular weight is 238 g/mol. The molecule has 0 unspecified atom stereocenters. The van der Waals surface area contributed by atoms with E-state index < -0.39 is 0 Å². The summed E-state index contributed by atoms with van der Waals surface area (Å²) < 4.78 is 0. The molecule has 17 heavy (non-hydrogen) atoms. The third-order valence-electron chi connectivity index (χ3n) is 3.94. The van der Waals surface area contributed by atoms with E-state index in [1.807, 2.05) is 0 Å². The van der Waals surface area contributed by atoms with Gasteiger partial charge in [-0.3, -0.25) is 0 Å². The van der Waals surface area contributed by atoms with E-state index in [9.17, 15) is 0 Å². The van der Waals surface area contributed by atoms with Crippen LogP contribution in [-0.2, 0) is 0 Å². The molecule has 0 saturated carbocycles. The highest BCUT2D eigenvalue weighted by molar-refractivity contribution is 4.80. The average Bonchev–Trinajstić information content (AvgIpc) is 2.38. The molecule has 1 fully saturated rings. The Morgan fingerprint density at radius 3 is 2.12 bits per heavy atom. The summed E-state index contributed by atoms with van der Waals surface area (Å²) in [5.41, 5.74) is 0. The number of hydrogen-bond donors (Lipinski definition) is 1. The summed E-state index contributed by atoms with van der Waals surface area (Å²) in [4.78, 5) is 0. The predicted molar refractivity (Wildman–Crippen MR) is 77.1 cm³/mol. The van der Waals surface area contributed by atoms with Crippen LogP contribution in [0.25, 0.3) is 0 Å². The van der Waals surface area contributed by atoms with Crippen molar-refractivity contribution in [2.45, 2.75) is 77.6 Å². The lowest BCUT2D eigenvalue weighted by Crippen LogP contribution is -2.27. The minimum atomic E-state index is 0.917. The first-order valence-electron chi connectivity index (χ1n) is 7.97. The van der Waals surface area contributed by atoms with E-state index in [1.165, 1.54) is 83.7 Å². The van der Waals surface area contributed by atoms with Crippen molar-refractivity contribution in [2.24, 2.45) is 5.92 Å². The number of piperidine rings is 1. The molecular formula is C16H32N. The minimum Gasteiger partial charge on any atom is -0.317 e. The maximum Gasteiger partial charge on any atom is -0.00462 e. The molecule has 0 atom stereocenters. The zero-order chi connectivity index (χ0) is 12.2. The van der Waals surface area contributed by atoms with Gasteiger partial charge in [0.1, 0.15) is 0 Å². The van der Waals surface area contributed by atoms with Gasteiger partial charge in [-0.05, 0) is 44.7 Å². The molecule has 1 aliphatic heterocycles. The first kappa shape index (κ1) is 15.0. The molecule has 0 spiro atoms. The quantitative estimate of drug-likeness (QED) is 0.543. The van der Waals surface area contributed by atoms with Gasteiger partial charge in [0, 0.05) is 0 Å². The van der Waals surface area contributed by atoms with Crippen molar-refractivity contribution in [1.29, 1.82) is 0 Å². The maximum absolute atomic E-state index is 3.43. The van der Waals surface area contributed by atoms with Gasteiger partial charge in [0.25, 0.3) is 0 Å². The van der Waals surface area contributed by atoms with Crippen LogP contribution in [0.2, 0.25) is 0 Å². The highest BCUT2D eigenvalue weighted by Crippen LogP contribution is 2.19. The molecule has 0 amide bonds. The Balaban J connectivity index is 1.75. The van der Waals surface area contributed by atoms with Crippen molar-refractivity contribution in [3.05, 3.63) is 6.42 Å². The van der Waals surface area contributed by atoms with Crippen LogP contribution < -0.4 is 5.32 Å². The summed E-state index contributed by atoms with van der Waals surface area (Å²) in [6.45, 7) is 4.76. The normalized spacial score (nSPS) is 17.5. The smallest absolute Gasteiger partial charge is 0.00462 e. The van der Waals surface area contributed by atoms with Gasteiger partial charge in [-0.2, -0.15) is 0 Å². The van der Waals surface area contributed by atoms with Crippen LogP contribution in [0.15, 0.2) is 0 Å². The third-order valence-corrected chi connectivity index (χ3v) is 3.94. The molecule has 0 aromatic heterocycles. The molecule has 1 rings (SSSR count). The molecule has 0 aromatic carbocycles. The predicted octanol–water partition coefficient (Wildman–Crippen LogP) is 4.72. The number of nitrogens with one attached hydrogen (secondary N) is 1. The zero-order valence-electron chi connectivity index (χ0n) is 11.8. The second-order valence-electron chi connectivity index (χ2n) is 5.59. The molecule has 1 N–H and O–H groups in total. The molecule has 101 valence electrons. The SMILES string of the molecule is CCCCCCCCCC[CH]C1CCNCC1. The number of unbranched alkanes of at least 4 members (excludes halogenated alkanes) is 8. The molecule has 1 heterocycles. The van der Waals surface area contributed by atoms with Gasteiger partial charge in [-0.25, -0.2) is 0 Å². The second kappa shape index (κ2) is 11.1. The molecule has 1 radical (unpaired) electrons. The third kappa shape index (κ3) is 8.65. The summed E-state index contributed by atoms with van der Waals surface area (Å²) in [7, 11) is 0. The fraction of sp³-hybridized carbons (Fsp3) is 0.938. The van der Waals surface area contributed by atoms with Crippen molar-refractivity contribution in [3.63, 3.8) is 0 Å². The van der Waals surface area contributed by atoms with Gasteiger partial charge < -0.3 is 5.32 Å². The Bertz CT molecular complexity index is 150.